The van der Waals surface area contributed by atoms with Crippen LogP contribution in [0.5, 0.6) is 0 Å². The van der Waals surface area contributed by atoms with Gasteiger partial charge in [-0.2, -0.15) is 0 Å². The maximum atomic E-state index is 12.4. The molecule has 3 aliphatic heterocycles. The number of carbonyl (C=O) groups is 2. The highest BCUT2D eigenvalue weighted by atomic mass is 16.2. The first-order valence-electron chi connectivity index (χ1n) is 6.35. The second-order valence-electron chi connectivity index (χ2n) is 5.20. The van der Waals surface area contributed by atoms with Gasteiger partial charge in [-0.25, -0.2) is 0 Å². The van der Waals surface area contributed by atoms with Crippen LogP contribution in [-0.4, -0.2) is 58.9 Å². The van der Waals surface area contributed by atoms with Crippen LogP contribution in [0.3, 0.4) is 0 Å². The minimum Gasteiger partial charge on any atom is -0.328 e. The van der Waals surface area contributed by atoms with Gasteiger partial charge in [-0.15, -0.1) is 0 Å². The zero-order valence-corrected chi connectivity index (χ0v) is 10.5. The van der Waals surface area contributed by atoms with Crippen molar-refractivity contribution in [2.24, 2.45) is 10.2 Å². The number of carbonyl (C=O) groups excluding carboxylic acids is 2. The van der Waals surface area contributed by atoms with E-state index in [4.69, 9.17) is 11.1 Å². The summed E-state index contributed by atoms with van der Waals surface area (Å²) < 4.78 is 0. The number of amides is 2. The smallest absolute Gasteiger partial charge is 0.246 e. The largest absolute Gasteiger partial charge is 0.328 e. The van der Waals surface area contributed by atoms with Gasteiger partial charge in [-0.3, -0.25) is 9.59 Å². The standard InChI is InChI=1S/C10H12N8O2/c11-15-13-5-1-7-9(19)18-4-6(14-16-12)2-8(18)10(20)17(7)3-5/h5-8H,1-4H2. The highest BCUT2D eigenvalue weighted by Gasteiger charge is 2.53. The molecule has 0 spiro atoms. The van der Waals surface area contributed by atoms with Crippen molar-refractivity contribution in [3.63, 3.8) is 0 Å². The second kappa shape index (κ2) is 4.59. The van der Waals surface area contributed by atoms with Crippen LogP contribution < -0.4 is 0 Å². The summed E-state index contributed by atoms with van der Waals surface area (Å²) in [6, 6.07) is -1.77. The predicted molar refractivity (Wildman–Crippen MR) is 66.1 cm³/mol. The molecule has 2 amide bonds. The molecule has 10 nitrogen and oxygen atoms in total. The Bertz CT molecular complexity index is 486. The van der Waals surface area contributed by atoms with Gasteiger partial charge in [-0.05, 0) is 23.9 Å². The fourth-order valence-electron chi connectivity index (χ4n) is 3.28. The molecule has 0 N–H and O–H groups in total. The molecule has 3 aliphatic rings. The Labute approximate surface area is 113 Å². The van der Waals surface area contributed by atoms with E-state index < -0.39 is 12.1 Å². The van der Waals surface area contributed by atoms with Crippen LogP contribution in [0, 0.1) is 0 Å². The molecule has 3 saturated heterocycles. The highest BCUT2D eigenvalue weighted by Crippen LogP contribution is 2.34. The van der Waals surface area contributed by atoms with Crippen molar-refractivity contribution in [1.82, 2.24) is 9.80 Å². The van der Waals surface area contributed by atoms with E-state index in [0.29, 0.717) is 12.8 Å². The topological polar surface area (TPSA) is 138 Å². The molecule has 0 aromatic carbocycles. The SMILES string of the molecule is [N-]=[N+]=NC1CC2C(=O)N3CC(N=[N+]=[N-])CC3C(=O)N2C1. The number of hydrogen-bond donors (Lipinski definition) is 0. The van der Waals surface area contributed by atoms with Crippen LogP contribution in [0.4, 0.5) is 0 Å². The fraction of sp³-hybridized carbons (Fsp3) is 0.800. The van der Waals surface area contributed by atoms with Crippen LogP contribution in [0.1, 0.15) is 12.8 Å². The molecule has 3 fully saturated rings. The number of azide groups is 2. The summed E-state index contributed by atoms with van der Waals surface area (Å²) in [5, 5.41) is 7.21. The second-order valence-corrected chi connectivity index (χ2v) is 5.20. The monoisotopic (exact) mass is 276 g/mol. The summed E-state index contributed by atoms with van der Waals surface area (Å²) in [4.78, 5) is 33.3. The van der Waals surface area contributed by atoms with Crippen molar-refractivity contribution < 1.29 is 9.59 Å². The zero-order valence-electron chi connectivity index (χ0n) is 10.5. The Hall–Kier alpha value is -2.44. The number of piperazine rings is 1. The molecule has 104 valence electrons. The summed E-state index contributed by atoms with van der Waals surface area (Å²) in [5.74, 6) is -0.276. The van der Waals surface area contributed by atoms with Crippen LogP contribution in [0.25, 0.3) is 20.9 Å². The Morgan fingerprint density at radius 2 is 1.30 bits per heavy atom. The molecule has 10 heteroatoms. The lowest BCUT2D eigenvalue weighted by molar-refractivity contribution is -0.156. The predicted octanol–water partition coefficient (Wildman–Crippen LogP) is 0.560. The van der Waals surface area contributed by atoms with E-state index in [1.54, 1.807) is 0 Å². The third kappa shape index (κ3) is 1.74. The molecule has 4 atom stereocenters. The lowest BCUT2D eigenvalue weighted by Crippen LogP contribution is -2.60. The number of nitrogens with zero attached hydrogens (tertiary/aromatic N) is 8. The van der Waals surface area contributed by atoms with Crippen LogP contribution in [-0.2, 0) is 9.59 Å². The van der Waals surface area contributed by atoms with Crippen molar-refractivity contribution >= 4 is 11.8 Å². The average Bonchev–Trinajstić information content (AvgIpc) is 3.02. The van der Waals surface area contributed by atoms with Crippen molar-refractivity contribution in [2.75, 3.05) is 13.1 Å². The van der Waals surface area contributed by atoms with Crippen LogP contribution in [0.2, 0.25) is 0 Å². The van der Waals surface area contributed by atoms with Gasteiger partial charge in [0.1, 0.15) is 12.1 Å². The quantitative estimate of drug-likeness (QED) is 0.413. The Morgan fingerprint density at radius 1 is 0.900 bits per heavy atom. The van der Waals surface area contributed by atoms with E-state index in [9.17, 15) is 9.59 Å². The van der Waals surface area contributed by atoms with Crippen LogP contribution in [0.15, 0.2) is 10.2 Å². The third-order valence-corrected chi connectivity index (χ3v) is 4.12. The third-order valence-electron chi connectivity index (χ3n) is 4.12. The maximum Gasteiger partial charge on any atom is 0.246 e. The van der Waals surface area contributed by atoms with E-state index in [-0.39, 0.29) is 37.0 Å². The average molecular weight is 276 g/mol. The highest BCUT2D eigenvalue weighted by molar-refractivity contribution is 5.98. The molecule has 0 saturated carbocycles. The minimum absolute atomic E-state index is 0.138. The van der Waals surface area contributed by atoms with Gasteiger partial charge in [0.05, 0.1) is 12.1 Å². The summed E-state index contributed by atoms with van der Waals surface area (Å²) >= 11 is 0. The van der Waals surface area contributed by atoms with Crippen molar-refractivity contribution in [1.29, 1.82) is 0 Å². The van der Waals surface area contributed by atoms with Gasteiger partial charge in [-0.1, -0.05) is 10.2 Å². The summed E-state index contributed by atoms with van der Waals surface area (Å²) in [6.45, 7) is 0.575. The number of hydrogen-bond acceptors (Lipinski definition) is 4. The van der Waals surface area contributed by atoms with Crippen molar-refractivity contribution in [3.8, 4) is 0 Å². The molecular formula is C10H12N8O2. The Kier molecular flexibility index (Phi) is 2.89. The molecular weight excluding hydrogens is 264 g/mol. The lowest BCUT2D eigenvalue weighted by Gasteiger charge is -2.38. The van der Waals surface area contributed by atoms with Crippen molar-refractivity contribution in [3.05, 3.63) is 20.9 Å². The van der Waals surface area contributed by atoms with E-state index in [0.717, 1.165) is 0 Å². The molecule has 0 aliphatic carbocycles. The van der Waals surface area contributed by atoms with Gasteiger partial charge in [0, 0.05) is 22.9 Å². The first-order chi connectivity index (χ1) is 9.65. The van der Waals surface area contributed by atoms with Gasteiger partial charge in [0.25, 0.3) is 0 Å². The Morgan fingerprint density at radius 3 is 1.65 bits per heavy atom. The van der Waals surface area contributed by atoms with Gasteiger partial charge in [0.15, 0.2) is 0 Å². The van der Waals surface area contributed by atoms with Crippen molar-refractivity contribution in [2.45, 2.75) is 37.0 Å². The van der Waals surface area contributed by atoms with E-state index in [1.165, 1.54) is 9.80 Å². The van der Waals surface area contributed by atoms with Gasteiger partial charge >= 0.3 is 0 Å². The first kappa shape index (κ1) is 12.6. The fourth-order valence-corrected chi connectivity index (χ4v) is 3.28. The van der Waals surface area contributed by atoms with E-state index >= 15 is 0 Å². The Balaban J connectivity index is 1.85. The molecule has 3 heterocycles. The van der Waals surface area contributed by atoms with Crippen LogP contribution >= 0.6 is 0 Å². The molecule has 3 rings (SSSR count). The van der Waals surface area contributed by atoms with E-state index in [2.05, 4.69) is 20.1 Å². The molecule has 4 unspecified atom stereocenters. The molecule has 0 aromatic rings. The van der Waals surface area contributed by atoms with Gasteiger partial charge < -0.3 is 9.80 Å². The zero-order chi connectivity index (χ0) is 14.3. The molecule has 0 radical (unpaired) electrons. The maximum absolute atomic E-state index is 12.4. The summed E-state index contributed by atoms with van der Waals surface area (Å²) in [7, 11) is 0. The molecule has 0 bridgehead atoms. The lowest BCUT2D eigenvalue weighted by atomic mass is 10.1. The first-order valence-corrected chi connectivity index (χ1v) is 6.35. The minimum atomic E-state index is -0.543. The number of fused-ring (bicyclic) bond motifs is 2. The molecule has 0 aromatic heterocycles. The summed E-state index contributed by atoms with van der Waals surface area (Å²) in [5.41, 5.74) is 16.9. The van der Waals surface area contributed by atoms with Gasteiger partial charge in [0.2, 0.25) is 11.8 Å². The summed E-state index contributed by atoms with van der Waals surface area (Å²) in [6.07, 6.45) is 0.730. The normalized spacial score (nSPS) is 35.2. The van der Waals surface area contributed by atoms with E-state index in [1.807, 2.05) is 0 Å². The number of rotatable bonds is 2. The molecule has 20 heavy (non-hydrogen) atoms.